The number of aryl methyl sites for hydroxylation is 2. The molecule has 5 atom stereocenters. The van der Waals surface area contributed by atoms with Crippen LogP contribution >= 0.6 is 0 Å². The molecule has 0 N–H and O–H groups in total. The van der Waals surface area contributed by atoms with Crippen molar-refractivity contribution in [2.45, 2.75) is 79.1 Å². The fraction of sp³-hybridized carbons (Fsp3) is 0.727. The summed E-state index contributed by atoms with van der Waals surface area (Å²) >= 11 is 0. The maximum Gasteiger partial charge on any atom is -0.0125 e. The molecule has 0 saturated heterocycles. The zero-order valence-corrected chi connectivity index (χ0v) is 15.1. The van der Waals surface area contributed by atoms with Crippen LogP contribution in [0.3, 0.4) is 0 Å². The van der Waals surface area contributed by atoms with Crippen LogP contribution in [0, 0.1) is 43.9 Å². The zero-order valence-electron chi connectivity index (χ0n) is 15.1. The predicted octanol–water partition coefficient (Wildman–Crippen LogP) is 6.10. The average Bonchev–Trinajstić information content (AvgIpc) is 2.80. The molecule has 0 amide bonds. The van der Waals surface area contributed by atoms with E-state index in [4.69, 9.17) is 0 Å². The van der Waals surface area contributed by atoms with Crippen molar-refractivity contribution in [1.29, 1.82) is 0 Å². The monoisotopic (exact) mass is 296 g/mol. The first-order valence-electron chi connectivity index (χ1n) is 9.53. The maximum atomic E-state index is 2.62. The van der Waals surface area contributed by atoms with Crippen LogP contribution in [-0.4, -0.2) is 0 Å². The van der Waals surface area contributed by atoms with Crippen molar-refractivity contribution in [1.82, 2.24) is 0 Å². The Morgan fingerprint density at radius 3 is 2.55 bits per heavy atom. The molecule has 22 heavy (non-hydrogen) atoms. The van der Waals surface area contributed by atoms with Crippen LogP contribution in [0.1, 0.15) is 79.7 Å². The van der Waals surface area contributed by atoms with E-state index in [0.29, 0.717) is 5.41 Å². The van der Waals surface area contributed by atoms with Crippen LogP contribution in [-0.2, 0) is 6.42 Å². The van der Waals surface area contributed by atoms with Crippen LogP contribution in [0.25, 0.3) is 0 Å². The molecule has 120 valence electrons. The first-order chi connectivity index (χ1) is 10.4. The van der Waals surface area contributed by atoms with Gasteiger partial charge in [0.1, 0.15) is 0 Å². The third kappa shape index (κ3) is 1.82. The summed E-state index contributed by atoms with van der Waals surface area (Å²) in [7, 11) is 0. The van der Waals surface area contributed by atoms with Crippen LogP contribution in [0.15, 0.2) is 6.07 Å². The molecule has 0 spiro atoms. The molecule has 2 saturated carbocycles. The Hall–Kier alpha value is -0.780. The molecule has 1 aromatic carbocycles. The SMILES string of the molecule is Cc1cc(C)c2c(c1C)CCC1C2CCC2(C)C(C)CCC12. The third-order valence-electron chi connectivity index (χ3n) is 8.24. The molecule has 2 fully saturated rings. The smallest absolute Gasteiger partial charge is 0.0125 e. The lowest BCUT2D eigenvalue weighted by Crippen LogP contribution is -2.42. The van der Waals surface area contributed by atoms with Gasteiger partial charge in [0.25, 0.3) is 0 Å². The van der Waals surface area contributed by atoms with E-state index in [0.717, 1.165) is 23.7 Å². The fourth-order valence-electron chi connectivity index (χ4n) is 6.65. The van der Waals surface area contributed by atoms with E-state index in [1.165, 1.54) is 44.1 Å². The Morgan fingerprint density at radius 1 is 1.00 bits per heavy atom. The topological polar surface area (TPSA) is 0 Å². The van der Waals surface area contributed by atoms with E-state index < -0.39 is 0 Å². The van der Waals surface area contributed by atoms with Gasteiger partial charge in [0.2, 0.25) is 0 Å². The molecular formula is C22H32. The fourth-order valence-corrected chi connectivity index (χ4v) is 6.65. The highest BCUT2D eigenvalue weighted by molar-refractivity contribution is 5.48. The summed E-state index contributed by atoms with van der Waals surface area (Å²) < 4.78 is 0. The van der Waals surface area contributed by atoms with Gasteiger partial charge >= 0.3 is 0 Å². The van der Waals surface area contributed by atoms with Gasteiger partial charge in [-0.25, -0.2) is 0 Å². The van der Waals surface area contributed by atoms with E-state index in [1.54, 1.807) is 22.3 Å². The highest BCUT2D eigenvalue weighted by Gasteiger charge is 2.53. The number of rotatable bonds is 0. The van der Waals surface area contributed by atoms with E-state index in [2.05, 4.69) is 40.7 Å². The molecule has 3 aliphatic rings. The first kappa shape index (κ1) is 14.8. The van der Waals surface area contributed by atoms with Gasteiger partial charge in [-0.2, -0.15) is 0 Å². The second-order valence-electron chi connectivity index (χ2n) is 8.97. The minimum Gasteiger partial charge on any atom is -0.0620 e. The molecule has 0 heteroatoms. The van der Waals surface area contributed by atoms with Gasteiger partial charge in [0.15, 0.2) is 0 Å². The molecular weight excluding hydrogens is 264 g/mol. The summed E-state index contributed by atoms with van der Waals surface area (Å²) in [6.45, 7) is 12.2. The molecule has 5 unspecified atom stereocenters. The van der Waals surface area contributed by atoms with Gasteiger partial charge in [-0.15, -0.1) is 0 Å². The van der Waals surface area contributed by atoms with Crippen molar-refractivity contribution >= 4 is 0 Å². The maximum absolute atomic E-state index is 2.62. The highest BCUT2D eigenvalue weighted by Crippen LogP contribution is 2.63. The Morgan fingerprint density at radius 2 is 1.77 bits per heavy atom. The quantitative estimate of drug-likeness (QED) is 0.542. The molecule has 0 radical (unpaired) electrons. The summed E-state index contributed by atoms with van der Waals surface area (Å²) in [5.41, 5.74) is 8.83. The Labute approximate surface area is 136 Å². The second kappa shape index (κ2) is 4.86. The van der Waals surface area contributed by atoms with Gasteiger partial charge in [-0.05, 0) is 116 Å². The molecule has 1 aromatic rings. The summed E-state index contributed by atoms with van der Waals surface area (Å²) in [4.78, 5) is 0. The average molecular weight is 296 g/mol. The van der Waals surface area contributed by atoms with Crippen LogP contribution in [0.2, 0.25) is 0 Å². The number of hydrogen-bond donors (Lipinski definition) is 0. The Kier molecular flexibility index (Phi) is 3.26. The zero-order chi connectivity index (χ0) is 15.6. The van der Waals surface area contributed by atoms with Gasteiger partial charge < -0.3 is 0 Å². The van der Waals surface area contributed by atoms with E-state index in [-0.39, 0.29) is 0 Å². The largest absolute Gasteiger partial charge is 0.0620 e. The minimum atomic E-state index is 0.645. The van der Waals surface area contributed by atoms with Crippen molar-refractivity contribution in [3.05, 3.63) is 33.9 Å². The lowest BCUT2D eigenvalue weighted by molar-refractivity contribution is 0.0334. The molecule has 0 aromatic heterocycles. The second-order valence-corrected chi connectivity index (χ2v) is 8.97. The highest BCUT2D eigenvalue weighted by atomic mass is 14.6. The van der Waals surface area contributed by atoms with E-state index >= 15 is 0 Å². The number of benzene rings is 1. The van der Waals surface area contributed by atoms with E-state index in [1.807, 2.05) is 0 Å². The van der Waals surface area contributed by atoms with Crippen LogP contribution in [0.5, 0.6) is 0 Å². The lowest BCUT2D eigenvalue weighted by atomic mass is 9.54. The summed E-state index contributed by atoms with van der Waals surface area (Å²) in [6.07, 6.45) is 8.67. The minimum absolute atomic E-state index is 0.645. The Bertz CT molecular complexity index is 611. The standard InChI is InChI=1S/C22H32/c1-13-12-14(2)21-17(16(13)4)7-8-18-19(21)10-11-22(5)15(3)6-9-20(18)22/h12,15,18-20H,6-11H2,1-5H3. The van der Waals surface area contributed by atoms with Crippen LogP contribution in [0.4, 0.5) is 0 Å². The summed E-state index contributed by atoms with van der Waals surface area (Å²) in [5.74, 6) is 3.78. The number of fused-ring (bicyclic) bond motifs is 5. The lowest BCUT2D eigenvalue weighted by Gasteiger charge is -2.51. The van der Waals surface area contributed by atoms with Gasteiger partial charge in [-0.3, -0.25) is 0 Å². The molecule has 0 bridgehead atoms. The molecule has 4 rings (SSSR count). The van der Waals surface area contributed by atoms with Gasteiger partial charge in [-0.1, -0.05) is 19.9 Å². The Balaban J connectivity index is 1.78. The van der Waals surface area contributed by atoms with Gasteiger partial charge in [0.05, 0.1) is 0 Å². The predicted molar refractivity (Wildman–Crippen MR) is 94.4 cm³/mol. The van der Waals surface area contributed by atoms with Crippen molar-refractivity contribution in [2.75, 3.05) is 0 Å². The molecule has 0 aliphatic heterocycles. The summed E-state index contributed by atoms with van der Waals surface area (Å²) in [6, 6.07) is 2.46. The summed E-state index contributed by atoms with van der Waals surface area (Å²) in [5, 5.41) is 0. The number of hydrogen-bond acceptors (Lipinski definition) is 0. The van der Waals surface area contributed by atoms with Crippen molar-refractivity contribution in [3.63, 3.8) is 0 Å². The van der Waals surface area contributed by atoms with Crippen molar-refractivity contribution < 1.29 is 0 Å². The molecule has 3 aliphatic carbocycles. The van der Waals surface area contributed by atoms with Gasteiger partial charge in [0, 0.05) is 0 Å². The van der Waals surface area contributed by atoms with Crippen molar-refractivity contribution in [2.24, 2.45) is 23.2 Å². The van der Waals surface area contributed by atoms with Crippen LogP contribution < -0.4 is 0 Å². The molecule has 0 heterocycles. The first-order valence-corrected chi connectivity index (χ1v) is 9.53. The van der Waals surface area contributed by atoms with Crippen molar-refractivity contribution in [3.8, 4) is 0 Å². The third-order valence-corrected chi connectivity index (χ3v) is 8.24. The van der Waals surface area contributed by atoms with E-state index in [9.17, 15) is 0 Å². The molecule has 0 nitrogen and oxygen atoms in total. The normalized spacial score (nSPS) is 40.0.